The van der Waals surface area contributed by atoms with Gasteiger partial charge < -0.3 is 10.6 Å². The van der Waals surface area contributed by atoms with Crippen molar-refractivity contribution < 1.29 is 22.8 Å². The zero-order valence-electron chi connectivity index (χ0n) is 19.8. The molecular formula is C27H21ClF3N5O2. The van der Waals surface area contributed by atoms with Gasteiger partial charge in [-0.3, -0.25) is 9.59 Å². The lowest BCUT2D eigenvalue weighted by Gasteiger charge is -2.28. The van der Waals surface area contributed by atoms with Crippen LogP contribution < -0.4 is 10.6 Å². The largest absolute Gasteiger partial charge is 0.341 e. The number of alkyl halides is 2. The topological polar surface area (TPSA) is 88.4 Å². The quantitative estimate of drug-likeness (QED) is 0.344. The summed E-state index contributed by atoms with van der Waals surface area (Å²) in [4.78, 5) is 30.5. The number of hydrogen-bond donors (Lipinski definition) is 2. The number of nitrogens with one attached hydrogen (secondary N) is 2. The molecule has 38 heavy (non-hydrogen) atoms. The van der Waals surface area contributed by atoms with E-state index < -0.39 is 41.9 Å². The molecule has 2 N–H and O–H groups in total. The summed E-state index contributed by atoms with van der Waals surface area (Å²) >= 11 is 6.37. The first-order chi connectivity index (χ1) is 18.2. The summed E-state index contributed by atoms with van der Waals surface area (Å²) in [7, 11) is 0. The lowest BCUT2D eigenvalue weighted by Crippen LogP contribution is -2.34. The molecule has 1 saturated carbocycles. The summed E-state index contributed by atoms with van der Waals surface area (Å²) in [5.74, 6) is -5.33. The minimum Gasteiger partial charge on any atom is -0.341 e. The Hall–Kier alpha value is -3.92. The fourth-order valence-electron chi connectivity index (χ4n) is 5.29. The van der Waals surface area contributed by atoms with E-state index in [0.717, 1.165) is 0 Å². The minimum absolute atomic E-state index is 0.231. The van der Waals surface area contributed by atoms with E-state index >= 15 is 0 Å². The number of aromatic nitrogens is 3. The summed E-state index contributed by atoms with van der Waals surface area (Å²) in [6.45, 7) is 0. The van der Waals surface area contributed by atoms with Gasteiger partial charge in [-0.05, 0) is 60.9 Å². The molecule has 2 amide bonds. The molecule has 2 unspecified atom stereocenters. The molecule has 1 aliphatic carbocycles. The Morgan fingerprint density at radius 2 is 2.00 bits per heavy atom. The Morgan fingerprint density at radius 1 is 1.16 bits per heavy atom. The molecule has 0 saturated heterocycles. The van der Waals surface area contributed by atoms with Gasteiger partial charge in [0.2, 0.25) is 11.8 Å². The van der Waals surface area contributed by atoms with Crippen LogP contribution in [-0.4, -0.2) is 32.3 Å². The number of rotatable bonds is 4. The maximum Gasteiger partial charge on any atom is 0.252 e. The minimum atomic E-state index is -2.91. The number of pyridine rings is 1. The lowest BCUT2D eigenvalue weighted by atomic mass is 9.85. The second-order valence-corrected chi connectivity index (χ2v) is 10.1. The smallest absolute Gasteiger partial charge is 0.252 e. The number of hydrogen-bond acceptors (Lipinski definition) is 4. The van der Waals surface area contributed by atoms with Crippen molar-refractivity contribution in [3.8, 4) is 11.1 Å². The van der Waals surface area contributed by atoms with Crippen molar-refractivity contribution in [3.05, 3.63) is 82.5 Å². The van der Waals surface area contributed by atoms with Gasteiger partial charge in [0.05, 0.1) is 6.04 Å². The third kappa shape index (κ3) is 4.38. The van der Waals surface area contributed by atoms with E-state index in [-0.39, 0.29) is 29.1 Å². The molecule has 2 aliphatic rings. The number of carbonyl (C=O) groups excluding carboxylic acids is 2. The molecule has 0 radical (unpaired) electrons. The molecule has 6 rings (SSSR count). The third-order valence-corrected chi connectivity index (χ3v) is 7.48. The van der Waals surface area contributed by atoms with Crippen LogP contribution in [-0.2, 0) is 4.79 Å². The van der Waals surface area contributed by atoms with Crippen molar-refractivity contribution in [1.82, 2.24) is 19.9 Å². The van der Waals surface area contributed by atoms with Crippen LogP contribution in [0.4, 0.5) is 18.9 Å². The summed E-state index contributed by atoms with van der Waals surface area (Å²) in [6, 6.07) is 9.87. The molecule has 11 heteroatoms. The number of fused-ring (bicyclic) bond motifs is 2. The highest BCUT2D eigenvalue weighted by Crippen LogP contribution is 2.43. The Balaban J connectivity index is 1.47. The molecule has 2 aromatic carbocycles. The number of halogens is 4. The number of amides is 2. The van der Waals surface area contributed by atoms with Crippen LogP contribution in [0.5, 0.6) is 0 Å². The van der Waals surface area contributed by atoms with Crippen LogP contribution >= 0.6 is 11.6 Å². The lowest BCUT2D eigenvalue weighted by molar-refractivity contribution is -0.127. The monoisotopic (exact) mass is 539 g/mol. The number of anilines is 1. The summed E-state index contributed by atoms with van der Waals surface area (Å²) < 4.78 is 43.9. The predicted molar refractivity (Wildman–Crippen MR) is 135 cm³/mol. The van der Waals surface area contributed by atoms with Crippen molar-refractivity contribution in [3.63, 3.8) is 0 Å². The maximum absolute atomic E-state index is 14.2. The van der Waals surface area contributed by atoms with Gasteiger partial charge in [-0.2, -0.15) is 5.10 Å². The fourth-order valence-corrected chi connectivity index (χ4v) is 5.52. The van der Waals surface area contributed by atoms with E-state index in [9.17, 15) is 22.8 Å². The molecule has 4 aromatic rings. The zero-order chi connectivity index (χ0) is 26.6. The third-order valence-electron chi connectivity index (χ3n) is 7.13. The van der Waals surface area contributed by atoms with Gasteiger partial charge in [-0.25, -0.2) is 22.7 Å². The Morgan fingerprint density at radius 3 is 2.82 bits per heavy atom. The molecule has 2 aromatic heterocycles. The summed E-state index contributed by atoms with van der Waals surface area (Å²) in [6.07, 6.45) is 2.93. The first-order valence-electron chi connectivity index (χ1n) is 12.1. The molecule has 2 atom stereocenters. The van der Waals surface area contributed by atoms with Gasteiger partial charge in [0, 0.05) is 57.9 Å². The van der Waals surface area contributed by atoms with Crippen molar-refractivity contribution >= 4 is 34.7 Å². The van der Waals surface area contributed by atoms with E-state index in [1.807, 2.05) is 0 Å². The van der Waals surface area contributed by atoms with Gasteiger partial charge in [0.15, 0.2) is 5.65 Å². The van der Waals surface area contributed by atoms with Crippen LogP contribution in [0, 0.1) is 11.7 Å². The van der Waals surface area contributed by atoms with Crippen molar-refractivity contribution in [1.29, 1.82) is 0 Å². The molecule has 1 fully saturated rings. The van der Waals surface area contributed by atoms with Gasteiger partial charge in [0.25, 0.3) is 5.91 Å². The average molecular weight is 540 g/mol. The van der Waals surface area contributed by atoms with Crippen molar-refractivity contribution in [2.75, 3.05) is 5.32 Å². The van der Waals surface area contributed by atoms with Gasteiger partial charge in [-0.15, -0.1) is 0 Å². The van der Waals surface area contributed by atoms with Crippen LogP contribution in [0.2, 0.25) is 5.02 Å². The summed E-state index contributed by atoms with van der Waals surface area (Å²) in [5, 5.41) is 10.0. The molecule has 3 heterocycles. The normalized spacial score (nSPS) is 20.3. The highest BCUT2D eigenvalue weighted by molar-refractivity contribution is 6.31. The zero-order valence-corrected chi connectivity index (χ0v) is 20.6. The first kappa shape index (κ1) is 24.4. The predicted octanol–water partition coefficient (Wildman–Crippen LogP) is 5.79. The van der Waals surface area contributed by atoms with Crippen molar-refractivity contribution in [2.45, 2.75) is 37.6 Å². The molecule has 7 nitrogen and oxygen atoms in total. The molecule has 0 bridgehead atoms. The molecule has 1 aliphatic heterocycles. The van der Waals surface area contributed by atoms with Crippen LogP contribution in [0.15, 0.2) is 55.0 Å². The second-order valence-electron chi connectivity index (χ2n) is 9.68. The van der Waals surface area contributed by atoms with Crippen LogP contribution in [0.25, 0.3) is 16.8 Å². The number of benzene rings is 2. The molecule has 0 spiro atoms. The van der Waals surface area contributed by atoms with Crippen molar-refractivity contribution in [2.24, 2.45) is 5.92 Å². The van der Waals surface area contributed by atoms with E-state index in [4.69, 9.17) is 11.6 Å². The highest BCUT2D eigenvalue weighted by atomic mass is 35.5. The maximum atomic E-state index is 14.2. The SMILES string of the molecule is O=C1NC(c2cc(F)ccc2Cl)c2c(NC(=O)C3CCCC(F)(F)C3)cc(-c3ccc4ncnn4c3)cc21. The average Bonchev–Trinajstić information content (AvgIpc) is 3.49. The van der Waals surface area contributed by atoms with Crippen LogP contribution in [0.1, 0.15) is 53.2 Å². The van der Waals surface area contributed by atoms with E-state index in [2.05, 4.69) is 20.7 Å². The standard InChI is InChI=1S/C27H21ClF3N5O2/c28-20-5-4-17(29)10-18(20)24-23-19(26(38)35-24)8-16(15-3-6-22-32-13-33-36(22)12-15)9-21(23)34-25(37)14-2-1-7-27(30,31)11-14/h3-6,8-10,12-14,24H,1-2,7,11H2,(H,34,37)(H,35,38). The Labute approximate surface area is 220 Å². The van der Waals surface area contributed by atoms with E-state index in [1.165, 1.54) is 24.5 Å². The number of nitrogens with zero attached hydrogens (tertiary/aromatic N) is 3. The molecular weight excluding hydrogens is 519 g/mol. The van der Waals surface area contributed by atoms with Gasteiger partial charge >= 0.3 is 0 Å². The van der Waals surface area contributed by atoms with E-state index in [1.54, 1.807) is 35.0 Å². The van der Waals surface area contributed by atoms with Gasteiger partial charge in [-0.1, -0.05) is 11.6 Å². The summed E-state index contributed by atoms with van der Waals surface area (Å²) in [5.41, 5.74) is 3.13. The van der Waals surface area contributed by atoms with E-state index in [0.29, 0.717) is 34.3 Å². The number of carbonyl (C=O) groups is 2. The highest BCUT2D eigenvalue weighted by Gasteiger charge is 2.40. The van der Waals surface area contributed by atoms with Crippen LogP contribution in [0.3, 0.4) is 0 Å². The van der Waals surface area contributed by atoms with Gasteiger partial charge in [0.1, 0.15) is 12.1 Å². The Bertz CT molecular complexity index is 1610. The Kier molecular flexibility index (Phi) is 5.86. The fraction of sp³-hybridized carbons (Fsp3) is 0.259. The second kappa shape index (κ2) is 9.13. The molecule has 194 valence electrons. The first-order valence-corrected chi connectivity index (χ1v) is 12.5.